The van der Waals surface area contributed by atoms with Gasteiger partial charge in [0.2, 0.25) is 11.9 Å². The lowest BCUT2D eigenvalue weighted by Gasteiger charge is -2.13. The average molecular weight is 475 g/mol. The molecule has 0 radical (unpaired) electrons. The number of halogens is 3. The molecule has 2 heterocycles. The molecule has 0 spiro atoms. The van der Waals surface area contributed by atoms with Crippen molar-refractivity contribution in [3.8, 4) is 17.2 Å². The van der Waals surface area contributed by atoms with Crippen molar-refractivity contribution in [3.63, 3.8) is 0 Å². The van der Waals surface area contributed by atoms with E-state index in [0.29, 0.717) is 17.0 Å². The monoisotopic (exact) mass is 475 g/mol. The predicted octanol–water partition coefficient (Wildman–Crippen LogP) is 3.40. The van der Waals surface area contributed by atoms with Crippen LogP contribution in [0.25, 0.3) is 21.8 Å². The molecule has 34 heavy (non-hydrogen) atoms. The highest BCUT2D eigenvalue weighted by Gasteiger charge is 2.42. The van der Waals surface area contributed by atoms with E-state index in [0.717, 1.165) is 18.6 Å². The molecule has 2 N–H and O–H groups in total. The van der Waals surface area contributed by atoms with Crippen molar-refractivity contribution in [2.45, 2.75) is 13.1 Å². The lowest BCUT2D eigenvalue weighted by atomic mass is 10.2. The minimum Gasteiger partial charge on any atom is -0.497 e. The molecular weight excluding hydrogens is 459 g/mol. The lowest BCUT2D eigenvalue weighted by Crippen LogP contribution is -2.28. The molecule has 2 aromatic carbocycles. The molecule has 0 saturated heterocycles. The quantitative estimate of drug-likeness (QED) is 0.330. The average Bonchev–Trinajstić information content (AvgIpc) is 2.78. The molecule has 4 aromatic rings. The number of aromatic amines is 1. The van der Waals surface area contributed by atoms with Crippen LogP contribution in [0, 0.1) is 6.92 Å². The Hall–Kier alpha value is -4.42. The van der Waals surface area contributed by atoms with Crippen molar-refractivity contribution in [1.82, 2.24) is 19.9 Å². The van der Waals surface area contributed by atoms with Gasteiger partial charge in [-0.3, -0.25) is 15.1 Å². The Morgan fingerprint density at radius 2 is 1.76 bits per heavy atom. The number of rotatable bonds is 5. The van der Waals surface area contributed by atoms with Crippen LogP contribution in [0.1, 0.15) is 5.69 Å². The molecule has 0 amide bonds. The van der Waals surface area contributed by atoms with Crippen molar-refractivity contribution < 1.29 is 32.2 Å². The summed E-state index contributed by atoms with van der Waals surface area (Å²) >= 11 is 0. The predicted molar refractivity (Wildman–Crippen MR) is 115 cm³/mol. The Morgan fingerprint density at radius 1 is 1.03 bits per heavy atom. The van der Waals surface area contributed by atoms with E-state index in [1.807, 2.05) is 0 Å². The van der Waals surface area contributed by atoms with Crippen LogP contribution in [0.3, 0.4) is 0 Å². The first-order chi connectivity index (χ1) is 16.1. The molecule has 0 aliphatic carbocycles. The number of ether oxygens (including phenoxy) is 3. The first-order valence-corrected chi connectivity index (χ1v) is 9.60. The van der Waals surface area contributed by atoms with E-state index in [1.54, 1.807) is 32.2 Å². The largest absolute Gasteiger partial charge is 0.497 e. The number of fused-ring (bicyclic) bond motifs is 2. The molecule has 0 fully saturated rings. The van der Waals surface area contributed by atoms with E-state index in [9.17, 15) is 22.8 Å². The van der Waals surface area contributed by atoms with Gasteiger partial charge in [0.1, 0.15) is 11.1 Å². The first-order valence-electron chi connectivity index (χ1n) is 9.60. The van der Waals surface area contributed by atoms with Gasteiger partial charge in [0.05, 0.1) is 30.9 Å². The molecule has 0 saturated carbocycles. The molecule has 2 aromatic heterocycles. The SMILES string of the molecule is COc1ccc2nc(Nc3nc4ccc(OC(=O)C(F)(F)F)c(OC)c4c(=O)[nH]3)nc(C)c2c1. The Bertz CT molecular complexity index is 1490. The van der Waals surface area contributed by atoms with Gasteiger partial charge in [-0.1, -0.05) is 0 Å². The fourth-order valence-electron chi connectivity index (χ4n) is 3.23. The van der Waals surface area contributed by atoms with Crippen LogP contribution in [0.15, 0.2) is 35.1 Å². The van der Waals surface area contributed by atoms with Crippen molar-refractivity contribution >= 4 is 39.7 Å². The van der Waals surface area contributed by atoms with Gasteiger partial charge in [0, 0.05) is 5.39 Å². The van der Waals surface area contributed by atoms with Crippen LogP contribution in [-0.4, -0.2) is 46.3 Å². The van der Waals surface area contributed by atoms with E-state index in [4.69, 9.17) is 9.47 Å². The fourth-order valence-corrected chi connectivity index (χ4v) is 3.23. The number of carbonyl (C=O) groups excluding carboxylic acids is 1. The van der Waals surface area contributed by atoms with Crippen molar-refractivity contribution in [2.24, 2.45) is 0 Å². The summed E-state index contributed by atoms with van der Waals surface area (Å²) in [7, 11) is 2.67. The zero-order valence-electron chi connectivity index (χ0n) is 17.9. The summed E-state index contributed by atoms with van der Waals surface area (Å²) in [5, 5.41) is 3.38. The van der Waals surface area contributed by atoms with Gasteiger partial charge >= 0.3 is 12.1 Å². The summed E-state index contributed by atoms with van der Waals surface area (Å²) < 4.78 is 52.3. The van der Waals surface area contributed by atoms with Gasteiger partial charge in [0.15, 0.2) is 11.5 Å². The third kappa shape index (κ3) is 4.27. The smallest absolute Gasteiger partial charge is 0.491 e. The molecule has 176 valence electrons. The summed E-state index contributed by atoms with van der Waals surface area (Å²) in [5.74, 6) is -2.62. The highest BCUT2D eigenvalue weighted by molar-refractivity contribution is 5.90. The van der Waals surface area contributed by atoms with Crippen molar-refractivity contribution in [1.29, 1.82) is 0 Å². The second-order valence-electron chi connectivity index (χ2n) is 6.93. The number of methoxy groups -OCH3 is 2. The molecule has 13 heteroatoms. The standard InChI is InChI=1S/C21H16F3N5O5/c1-9-11-8-10(32-2)4-5-12(11)26-19(25-9)29-20-27-13-6-7-14(34-18(31)21(22,23)24)16(33-3)15(13)17(30)28-20/h4-8H,1-3H3,(H2,25,26,27,28,29,30). The number of nitrogens with one attached hydrogen (secondary N) is 2. The Kier molecular flexibility index (Phi) is 5.69. The number of esters is 1. The Morgan fingerprint density at radius 3 is 2.44 bits per heavy atom. The Balaban J connectivity index is 1.72. The van der Waals surface area contributed by atoms with E-state index < -0.39 is 23.5 Å². The fraction of sp³-hybridized carbons (Fsp3) is 0.190. The molecule has 10 nitrogen and oxygen atoms in total. The normalized spacial score (nSPS) is 11.5. The second kappa shape index (κ2) is 8.50. The van der Waals surface area contributed by atoms with Crippen LogP contribution in [-0.2, 0) is 4.79 Å². The number of carbonyl (C=O) groups is 1. The van der Waals surface area contributed by atoms with Crippen LogP contribution < -0.4 is 25.1 Å². The maximum atomic E-state index is 12.7. The number of aryl methyl sites for hydroxylation is 1. The molecular formula is C21H16F3N5O5. The third-order valence-electron chi connectivity index (χ3n) is 4.75. The van der Waals surface area contributed by atoms with Crippen molar-refractivity contribution in [2.75, 3.05) is 19.5 Å². The number of aromatic nitrogens is 4. The number of nitrogens with zero attached hydrogens (tertiary/aromatic N) is 3. The maximum absolute atomic E-state index is 12.7. The number of hydrogen-bond donors (Lipinski definition) is 2. The molecule has 0 bridgehead atoms. The van der Waals surface area contributed by atoms with E-state index in [-0.39, 0.29) is 28.5 Å². The highest BCUT2D eigenvalue weighted by atomic mass is 19.4. The molecule has 0 atom stereocenters. The Labute approximate surface area is 188 Å². The highest BCUT2D eigenvalue weighted by Crippen LogP contribution is 2.34. The molecule has 0 aliphatic rings. The number of hydrogen-bond acceptors (Lipinski definition) is 9. The van der Waals surface area contributed by atoms with Gasteiger partial charge < -0.3 is 14.2 Å². The minimum atomic E-state index is -5.22. The number of benzene rings is 2. The van der Waals surface area contributed by atoms with Crippen LogP contribution in [0.2, 0.25) is 0 Å². The van der Waals surface area contributed by atoms with E-state index in [1.165, 1.54) is 6.07 Å². The minimum absolute atomic E-state index is 0.0214. The number of anilines is 2. The van der Waals surface area contributed by atoms with E-state index in [2.05, 4.69) is 30.0 Å². The molecule has 0 aliphatic heterocycles. The van der Waals surface area contributed by atoms with E-state index >= 15 is 0 Å². The van der Waals surface area contributed by atoms with Crippen LogP contribution in [0.4, 0.5) is 25.1 Å². The van der Waals surface area contributed by atoms with Gasteiger partial charge in [0.25, 0.3) is 5.56 Å². The maximum Gasteiger partial charge on any atom is 0.491 e. The summed E-state index contributed by atoms with van der Waals surface area (Å²) in [6.45, 7) is 1.78. The van der Waals surface area contributed by atoms with Crippen molar-refractivity contribution in [3.05, 3.63) is 46.4 Å². The summed E-state index contributed by atoms with van der Waals surface area (Å²) in [5.41, 5.74) is 0.581. The molecule has 4 rings (SSSR count). The zero-order valence-corrected chi connectivity index (χ0v) is 17.9. The van der Waals surface area contributed by atoms with Gasteiger partial charge in [-0.25, -0.2) is 19.7 Å². The summed E-state index contributed by atoms with van der Waals surface area (Å²) in [6, 6.07) is 7.55. The second-order valence-corrected chi connectivity index (χ2v) is 6.93. The van der Waals surface area contributed by atoms with Gasteiger partial charge in [-0.15, -0.1) is 0 Å². The summed E-state index contributed by atoms with van der Waals surface area (Å²) in [6.07, 6.45) is -5.22. The van der Waals surface area contributed by atoms with Gasteiger partial charge in [-0.2, -0.15) is 13.2 Å². The third-order valence-corrected chi connectivity index (χ3v) is 4.75. The topological polar surface area (TPSA) is 128 Å². The van der Waals surface area contributed by atoms with Gasteiger partial charge in [-0.05, 0) is 37.3 Å². The number of H-pyrrole nitrogens is 1. The molecule has 0 unspecified atom stereocenters. The van der Waals surface area contributed by atoms with Crippen LogP contribution >= 0.6 is 0 Å². The first kappa shape index (κ1) is 22.8. The zero-order chi connectivity index (χ0) is 24.6. The summed E-state index contributed by atoms with van der Waals surface area (Å²) in [4.78, 5) is 39.4. The van der Waals surface area contributed by atoms with Crippen LogP contribution in [0.5, 0.6) is 17.2 Å². The lowest BCUT2D eigenvalue weighted by molar-refractivity contribution is -0.189. The number of alkyl halides is 3.